The predicted molar refractivity (Wildman–Crippen MR) is 105 cm³/mol. The average Bonchev–Trinajstić information content (AvgIpc) is 2.83. The third kappa shape index (κ3) is 4.32. The SMILES string of the molecule is CC[C@H](C)[C@H]1C(=O)Nc2ccccc2CN1C(=O)Nc1cc(C(F)(F)F)c[nH]c1=O. The maximum Gasteiger partial charge on any atom is 0.417 e. The number of amides is 3. The van der Waals surface area contributed by atoms with Gasteiger partial charge in [-0.3, -0.25) is 9.59 Å². The van der Waals surface area contributed by atoms with Crippen LogP contribution in [0, 0.1) is 5.92 Å². The van der Waals surface area contributed by atoms with Crippen molar-refractivity contribution in [3.05, 3.63) is 58.0 Å². The summed E-state index contributed by atoms with van der Waals surface area (Å²) in [6.07, 6.45) is -3.57. The number of H-pyrrole nitrogens is 1. The molecule has 3 rings (SSSR count). The highest BCUT2D eigenvalue weighted by Crippen LogP contribution is 2.30. The van der Waals surface area contributed by atoms with Crippen molar-refractivity contribution in [3.8, 4) is 0 Å². The Bertz CT molecular complexity index is 1020. The van der Waals surface area contributed by atoms with Gasteiger partial charge in [0.1, 0.15) is 11.7 Å². The number of rotatable bonds is 3. The number of nitrogens with zero attached hydrogens (tertiary/aromatic N) is 1. The highest BCUT2D eigenvalue weighted by molar-refractivity contribution is 6.00. The van der Waals surface area contributed by atoms with Crippen LogP contribution in [0.3, 0.4) is 0 Å². The summed E-state index contributed by atoms with van der Waals surface area (Å²) >= 11 is 0. The van der Waals surface area contributed by atoms with Crippen LogP contribution in [-0.2, 0) is 17.5 Å². The Morgan fingerprint density at radius 3 is 2.67 bits per heavy atom. The lowest BCUT2D eigenvalue weighted by molar-refractivity contribution is -0.137. The summed E-state index contributed by atoms with van der Waals surface area (Å²) in [5, 5.41) is 5.04. The third-order valence-corrected chi connectivity index (χ3v) is 5.14. The lowest BCUT2D eigenvalue weighted by Crippen LogP contribution is -2.50. The second kappa shape index (κ2) is 8.21. The lowest BCUT2D eigenvalue weighted by Gasteiger charge is -2.32. The van der Waals surface area contributed by atoms with E-state index in [9.17, 15) is 27.6 Å². The summed E-state index contributed by atoms with van der Waals surface area (Å²) in [7, 11) is 0. The van der Waals surface area contributed by atoms with Gasteiger partial charge in [0.15, 0.2) is 0 Å². The number of para-hydroxylation sites is 1. The maximum atomic E-state index is 13.0. The van der Waals surface area contributed by atoms with Crippen LogP contribution in [0.2, 0.25) is 0 Å². The molecule has 2 aromatic rings. The Morgan fingerprint density at radius 1 is 1.30 bits per heavy atom. The molecule has 30 heavy (non-hydrogen) atoms. The van der Waals surface area contributed by atoms with Gasteiger partial charge in [-0.05, 0) is 23.6 Å². The fourth-order valence-corrected chi connectivity index (χ4v) is 3.32. The van der Waals surface area contributed by atoms with Gasteiger partial charge in [0, 0.05) is 11.9 Å². The molecule has 0 unspecified atom stereocenters. The second-order valence-electron chi connectivity index (χ2n) is 7.16. The van der Waals surface area contributed by atoms with Gasteiger partial charge in [-0.2, -0.15) is 13.2 Å². The first-order valence-electron chi connectivity index (χ1n) is 9.38. The summed E-state index contributed by atoms with van der Waals surface area (Å²) in [5.74, 6) is -0.632. The van der Waals surface area contributed by atoms with E-state index in [-0.39, 0.29) is 12.5 Å². The third-order valence-electron chi connectivity index (χ3n) is 5.14. The number of urea groups is 1. The average molecular weight is 422 g/mol. The maximum absolute atomic E-state index is 13.0. The van der Waals surface area contributed by atoms with Crippen molar-refractivity contribution in [2.24, 2.45) is 5.92 Å². The monoisotopic (exact) mass is 422 g/mol. The summed E-state index contributed by atoms with van der Waals surface area (Å²) in [4.78, 5) is 41.1. The Hall–Kier alpha value is -3.30. The molecule has 0 saturated carbocycles. The molecule has 1 aromatic carbocycles. The summed E-state index contributed by atoms with van der Waals surface area (Å²) in [6, 6.07) is 5.81. The molecule has 1 aromatic heterocycles. The van der Waals surface area contributed by atoms with E-state index in [1.807, 2.05) is 11.9 Å². The molecule has 2 heterocycles. The first-order valence-corrected chi connectivity index (χ1v) is 9.38. The Balaban J connectivity index is 1.97. The number of aromatic nitrogens is 1. The van der Waals surface area contributed by atoms with Crippen molar-refractivity contribution in [3.63, 3.8) is 0 Å². The van der Waals surface area contributed by atoms with Gasteiger partial charge in [-0.25, -0.2) is 4.79 Å². The van der Waals surface area contributed by atoms with Crippen LogP contribution in [0.25, 0.3) is 0 Å². The van der Waals surface area contributed by atoms with Crippen molar-refractivity contribution in [2.75, 3.05) is 10.6 Å². The summed E-state index contributed by atoms with van der Waals surface area (Å²) < 4.78 is 38.9. The number of pyridine rings is 1. The van der Waals surface area contributed by atoms with E-state index >= 15 is 0 Å². The molecular formula is C20H21F3N4O3. The van der Waals surface area contributed by atoms with Gasteiger partial charge >= 0.3 is 12.2 Å². The van der Waals surface area contributed by atoms with E-state index in [0.29, 0.717) is 29.9 Å². The zero-order chi connectivity index (χ0) is 22.1. The predicted octanol–water partition coefficient (Wildman–Crippen LogP) is 3.79. The van der Waals surface area contributed by atoms with Crippen LogP contribution in [0.4, 0.5) is 29.3 Å². The molecule has 3 amide bonds. The van der Waals surface area contributed by atoms with Crippen LogP contribution in [0.5, 0.6) is 0 Å². The minimum atomic E-state index is -4.69. The van der Waals surface area contributed by atoms with Crippen LogP contribution >= 0.6 is 0 Å². The number of hydrogen-bond acceptors (Lipinski definition) is 3. The van der Waals surface area contributed by atoms with Gasteiger partial charge in [-0.15, -0.1) is 0 Å². The molecule has 1 aliphatic heterocycles. The molecule has 0 bridgehead atoms. The van der Waals surface area contributed by atoms with Crippen LogP contribution in [-0.4, -0.2) is 27.9 Å². The topological polar surface area (TPSA) is 94.3 Å². The number of carbonyl (C=O) groups excluding carboxylic acids is 2. The van der Waals surface area contributed by atoms with E-state index in [4.69, 9.17) is 0 Å². The number of aromatic amines is 1. The fraction of sp³-hybridized carbons (Fsp3) is 0.350. The van der Waals surface area contributed by atoms with Crippen molar-refractivity contribution >= 4 is 23.3 Å². The zero-order valence-electron chi connectivity index (χ0n) is 16.3. The normalized spacial score (nSPS) is 17.6. The molecule has 160 valence electrons. The molecule has 3 N–H and O–H groups in total. The first-order chi connectivity index (χ1) is 14.1. The molecule has 10 heteroatoms. The first kappa shape index (κ1) is 21.4. The molecule has 0 aliphatic carbocycles. The number of alkyl halides is 3. The second-order valence-corrected chi connectivity index (χ2v) is 7.16. The number of benzene rings is 1. The highest BCUT2D eigenvalue weighted by atomic mass is 19.4. The standard InChI is InChI=1S/C20H21F3N4O3/c1-3-11(2)16-18(29)25-14-7-5-4-6-12(14)10-27(16)19(30)26-15-8-13(20(21,22)23)9-24-17(15)28/h4-9,11,16H,3,10H2,1-2H3,(H,24,28)(H,25,29)(H,26,30)/t11-,16-/m0/s1. The molecule has 0 saturated heterocycles. The number of halogens is 3. The van der Waals surface area contributed by atoms with Crippen LogP contribution in [0.15, 0.2) is 41.3 Å². The summed E-state index contributed by atoms with van der Waals surface area (Å²) in [6.45, 7) is 3.72. The highest BCUT2D eigenvalue weighted by Gasteiger charge is 2.37. The number of nitrogens with one attached hydrogen (secondary N) is 3. The summed E-state index contributed by atoms with van der Waals surface area (Å²) in [5.41, 5.74) is -1.30. The molecular weight excluding hydrogens is 401 g/mol. The van der Waals surface area contributed by atoms with Gasteiger partial charge in [0.05, 0.1) is 12.1 Å². The fourth-order valence-electron chi connectivity index (χ4n) is 3.32. The number of fused-ring (bicyclic) bond motifs is 1. The minimum absolute atomic E-state index is 0.0482. The molecule has 7 nitrogen and oxygen atoms in total. The van der Waals surface area contributed by atoms with Crippen molar-refractivity contribution in [1.29, 1.82) is 0 Å². The van der Waals surface area contributed by atoms with Gasteiger partial charge in [0.2, 0.25) is 5.91 Å². The molecule has 0 spiro atoms. The number of anilines is 2. The van der Waals surface area contributed by atoms with Gasteiger partial charge in [-0.1, -0.05) is 38.5 Å². The van der Waals surface area contributed by atoms with E-state index in [1.54, 1.807) is 31.2 Å². The Kier molecular flexibility index (Phi) is 5.86. The molecule has 0 radical (unpaired) electrons. The number of hydrogen-bond donors (Lipinski definition) is 3. The van der Waals surface area contributed by atoms with E-state index < -0.39 is 41.0 Å². The van der Waals surface area contributed by atoms with Crippen molar-refractivity contribution in [1.82, 2.24) is 9.88 Å². The Labute approximate surface area is 170 Å². The van der Waals surface area contributed by atoms with E-state index in [2.05, 4.69) is 10.6 Å². The Morgan fingerprint density at radius 2 is 2.00 bits per heavy atom. The van der Waals surface area contributed by atoms with Gasteiger partial charge < -0.3 is 20.5 Å². The van der Waals surface area contributed by atoms with Crippen LogP contribution < -0.4 is 16.2 Å². The van der Waals surface area contributed by atoms with E-state index in [1.165, 1.54) is 4.90 Å². The van der Waals surface area contributed by atoms with Gasteiger partial charge in [0.25, 0.3) is 5.56 Å². The number of carbonyl (C=O) groups is 2. The molecule has 2 atom stereocenters. The van der Waals surface area contributed by atoms with Crippen LogP contribution in [0.1, 0.15) is 31.4 Å². The largest absolute Gasteiger partial charge is 0.417 e. The minimum Gasteiger partial charge on any atom is -0.327 e. The van der Waals surface area contributed by atoms with Crippen molar-refractivity contribution < 1.29 is 22.8 Å². The molecule has 1 aliphatic rings. The smallest absolute Gasteiger partial charge is 0.327 e. The van der Waals surface area contributed by atoms with Crippen molar-refractivity contribution in [2.45, 2.75) is 39.0 Å². The van der Waals surface area contributed by atoms with E-state index in [0.717, 1.165) is 0 Å². The molecule has 0 fully saturated rings. The lowest BCUT2D eigenvalue weighted by atomic mass is 9.97. The quantitative estimate of drug-likeness (QED) is 0.702. The zero-order valence-corrected chi connectivity index (χ0v) is 16.3.